The van der Waals surface area contributed by atoms with Gasteiger partial charge in [-0.3, -0.25) is 9.69 Å². The van der Waals surface area contributed by atoms with Gasteiger partial charge in [0.05, 0.1) is 20.7 Å². The number of sulfonamides is 1. The van der Waals surface area contributed by atoms with Gasteiger partial charge in [0.15, 0.2) is 5.13 Å². The summed E-state index contributed by atoms with van der Waals surface area (Å²) in [5.41, 5.74) is 2.03. The number of amides is 1. The van der Waals surface area contributed by atoms with Crippen molar-refractivity contribution >= 4 is 48.3 Å². The van der Waals surface area contributed by atoms with E-state index in [1.807, 2.05) is 24.3 Å². The lowest BCUT2D eigenvalue weighted by atomic mass is 10.1. The Labute approximate surface area is 199 Å². The highest BCUT2D eigenvalue weighted by Gasteiger charge is 2.29. The van der Waals surface area contributed by atoms with E-state index in [2.05, 4.69) is 18.7 Å². The molecule has 0 radical (unpaired) electrons. The Morgan fingerprint density at radius 3 is 2.45 bits per heavy atom. The number of rotatable bonds is 7. The van der Waals surface area contributed by atoms with Gasteiger partial charge in [0.2, 0.25) is 10.0 Å². The maximum absolute atomic E-state index is 14.0. The number of hydrogen-bond acceptors (Lipinski definition) is 6. The number of hydrogen-bond donors (Lipinski definition) is 0. The lowest BCUT2D eigenvalue weighted by Gasteiger charge is -2.27. The van der Waals surface area contributed by atoms with Gasteiger partial charge in [-0.15, -0.1) is 0 Å². The van der Waals surface area contributed by atoms with Gasteiger partial charge in [0.25, 0.3) is 5.91 Å². The SMILES string of the molecule is CC(C)CN(C(=O)c1cc(S(=O)(=O)N(C)C)ccc1N1CCCC1)c1nc2ccccc2s1. The van der Waals surface area contributed by atoms with Crippen LogP contribution in [-0.4, -0.2) is 57.3 Å². The molecule has 2 heterocycles. The monoisotopic (exact) mass is 486 g/mol. The summed E-state index contributed by atoms with van der Waals surface area (Å²) in [5, 5.41) is 0.628. The molecule has 0 saturated carbocycles. The molecule has 0 unspecified atom stereocenters. The van der Waals surface area contributed by atoms with E-state index in [9.17, 15) is 13.2 Å². The highest BCUT2D eigenvalue weighted by Crippen LogP contribution is 2.34. The van der Waals surface area contributed by atoms with E-state index in [4.69, 9.17) is 4.98 Å². The Morgan fingerprint density at radius 1 is 1.12 bits per heavy atom. The molecule has 176 valence electrons. The summed E-state index contributed by atoms with van der Waals surface area (Å²) < 4.78 is 27.9. The third-order valence-electron chi connectivity index (χ3n) is 5.73. The second-order valence-electron chi connectivity index (χ2n) is 8.93. The van der Waals surface area contributed by atoms with E-state index in [0.717, 1.165) is 41.8 Å². The number of para-hydroxylation sites is 1. The minimum Gasteiger partial charge on any atom is -0.371 e. The average Bonchev–Trinajstić information content (AvgIpc) is 3.46. The van der Waals surface area contributed by atoms with Crippen LogP contribution in [0.3, 0.4) is 0 Å². The van der Waals surface area contributed by atoms with Crippen molar-refractivity contribution in [3.63, 3.8) is 0 Å². The summed E-state index contributed by atoms with van der Waals surface area (Å²) in [5.74, 6) is -0.00893. The molecule has 3 aromatic rings. The minimum atomic E-state index is -3.68. The molecule has 1 saturated heterocycles. The van der Waals surface area contributed by atoms with Crippen LogP contribution in [0.25, 0.3) is 10.2 Å². The number of anilines is 2. The molecule has 33 heavy (non-hydrogen) atoms. The van der Waals surface area contributed by atoms with Gasteiger partial charge in [-0.2, -0.15) is 0 Å². The van der Waals surface area contributed by atoms with E-state index in [1.54, 1.807) is 17.0 Å². The summed E-state index contributed by atoms with van der Waals surface area (Å²) in [4.78, 5) is 22.8. The summed E-state index contributed by atoms with van der Waals surface area (Å²) in [7, 11) is -0.681. The van der Waals surface area contributed by atoms with Gasteiger partial charge in [-0.05, 0) is 49.1 Å². The first-order valence-electron chi connectivity index (χ1n) is 11.2. The molecule has 4 rings (SSSR count). The number of thiazole rings is 1. The molecule has 2 aromatic carbocycles. The summed E-state index contributed by atoms with van der Waals surface area (Å²) in [6, 6.07) is 12.7. The molecule has 1 amide bonds. The first-order valence-corrected chi connectivity index (χ1v) is 13.4. The van der Waals surface area contributed by atoms with Crippen molar-refractivity contribution < 1.29 is 13.2 Å². The maximum Gasteiger partial charge on any atom is 0.262 e. The Kier molecular flexibility index (Phi) is 6.74. The predicted molar refractivity (Wildman–Crippen MR) is 135 cm³/mol. The molecule has 0 aliphatic carbocycles. The molecule has 0 N–H and O–H groups in total. The molecule has 0 bridgehead atoms. The highest BCUT2D eigenvalue weighted by atomic mass is 32.2. The van der Waals surface area contributed by atoms with Crippen LogP contribution in [-0.2, 0) is 10.0 Å². The van der Waals surface area contributed by atoms with Gasteiger partial charge >= 0.3 is 0 Å². The lowest BCUT2D eigenvalue weighted by Crippen LogP contribution is -2.36. The molecule has 1 aliphatic heterocycles. The van der Waals surface area contributed by atoms with E-state index in [1.165, 1.54) is 35.8 Å². The van der Waals surface area contributed by atoms with Crippen LogP contribution in [0.4, 0.5) is 10.8 Å². The molecule has 0 spiro atoms. The second-order valence-corrected chi connectivity index (χ2v) is 12.1. The molecular weight excluding hydrogens is 456 g/mol. The van der Waals surface area contributed by atoms with Crippen LogP contribution >= 0.6 is 11.3 Å². The Hall–Kier alpha value is -2.49. The Bertz CT molecular complexity index is 1230. The molecule has 9 heteroatoms. The topological polar surface area (TPSA) is 73.8 Å². The van der Waals surface area contributed by atoms with E-state index in [0.29, 0.717) is 17.2 Å². The second kappa shape index (κ2) is 9.40. The molecule has 7 nitrogen and oxygen atoms in total. The molecule has 1 fully saturated rings. The average molecular weight is 487 g/mol. The van der Waals surface area contributed by atoms with Crippen molar-refractivity contribution in [3.8, 4) is 0 Å². The van der Waals surface area contributed by atoms with Gasteiger partial charge in [-0.25, -0.2) is 17.7 Å². The fourth-order valence-corrected chi connectivity index (χ4v) is 5.93. The van der Waals surface area contributed by atoms with Crippen LogP contribution in [0.1, 0.15) is 37.0 Å². The quantitative estimate of drug-likeness (QED) is 0.493. The standard InChI is InChI=1S/C24H30N4O3S2/c1-17(2)16-28(24-25-20-9-5-6-10-22(20)32-24)23(29)19-15-18(33(30,31)26(3)4)11-12-21(19)27-13-7-8-14-27/h5-6,9-12,15,17H,7-8,13-14,16H2,1-4H3. The van der Waals surface area contributed by atoms with Gasteiger partial charge < -0.3 is 4.90 Å². The summed E-state index contributed by atoms with van der Waals surface area (Å²) >= 11 is 1.48. The number of benzene rings is 2. The molecular formula is C24H30N4O3S2. The third-order valence-corrected chi connectivity index (χ3v) is 8.60. The fraction of sp³-hybridized carbons (Fsp3) is 0.417. The van der Waals surface area contributed by atoms with Crippen molar-refractivity contribution in [1.82, 2.24) is 9.29 Å². The number of aromatic nitrogens is 1. The zero-order valence-electron chi connectivity index (χ0n) is 19.5. The number of fused-ring (bicyclic) bond motifs is 1. The maximum atomic E-state index is 14.0. The fourth-order valence-electron chi connectivity index (χ4n) is 4.03. The van der Waals surface area contributed by atoms with Crippen molar-refractivity contribution in [3.05, 3.63) is 48.0 Å². The van der Waals surface area contributed by atoms with Crippen LogP contribution in [0, 0.1) is 5.92 Å². The molecule has 1 aliphatic rings. The van der Waals surface area contributed by atoms with Crippen LogP contribution in [0.15, 0.2) is 47.4 Å². The van der Waals surface area contributed by atoms with Crippen molar-refractivity contribution in [2.45, 2.75) is 31.6 Å². The Balaban J connectivity index is 1.84. The molecule has 1 aromatic heterocycles. The van der Waals surface area contributed by atoms with Gasteiger partial charge in [0.1, 0.15) is 0 Å². The van der Waals surface area contributed by atoms with Crippen molar-refractivity contribution in [2.75, 3.05) is 43.5 Å². The number of nitrogens with zero attached hydrogens (tertiary/aromatic N) is 4. The predicted octanol–water partition coefficient (Wildman–Crippen LogP) is 4.45. The normalized spacial score (nSPS) is 14.5. The zero-order chi connectivity index (χ0) is 23.8. The van der Waals surface area contributed by atoms with E-state index < -0.39 is 10.0 Å². The summed E-state index contributed by atoms with van der Waals surface area (Å²) in [6.45, 7) is 6.31. The van der Waals surface area contributed by atoms with Crippen LogP contribution in [0.2, 0.25) is 0 Å². The largest absolute Gasteiger partial charge is 0.371 e. The van der Waals surface area contributed by atoms with Crippen molar-refractivity contribution in [2.24, 2.45) is 5.92 Å². The zero-order valence-corrected chi connectivity index (χ0v) is 21.1. The first-order chi connectivity index (χ1) is 15.7. The number of carbonyl (C=O) groups excluding carboxylic acids is 1. The first kappa shape index (κ1) is 23.7. The summed E-state index contributed by atoms with van der Waals surface area (Å²) in [6.07, 6.45) is 2.11. The van der Waals surface area contributed by atoms with Crippen LogP contribution < -0.4 is 9.80 Å². The minimum absolute atomic E-state index is 0.118. The van der Waals surface area contributed by atoms with Crippen molar-refractivity contribution in [1.29, 1.82) is 0 Å². The smallest absolute Gasteiger partial charge is 0.262 e. The van der Waals surface area contributed by atoms with E-state index in [-0.39, 0.29) is 16.7 Å². The van der Waals surface area contributed by atoms with Gasteiger partial charge in [-0.1, -0.05) is 37.3 Å². The van der Waals surface area contributed by atoms with Gasteiger partial charge in [0, 0.05) is 39.4 Å². The molecule has 0 atom stereocenters. The number of carbonyl (C=O) groups is 1. The van der Waals surface area contributed by atoms with Crippen LogP contribution in [0.5, 0.6) is 0 Å². The third kappa shape index (κ3) is 4.76. The Morgan fingerprint density at radius 2 is 1.82 bits per heavy atom. The lowest BCUT2D eigenvalue weighted by molar-refractivity contribution is 0.0984. The van der Waals surface area contributed by atoms with E-state index >= 15 is 0 Å². The highest BCUT2D eigenvalue weighted by molar-refractivity contribution is 7.89.